The fourth-order valence-electron chi connectivity index (χ4n) is 5.16. The van der Waals surface area contributed by atoms with Gasteiger partial charge >= 0.3 is 0 Å². The number of carbonyl (C=O) groups is 2. The molecule has 5 rings (SSSR count). The number of anilines is 2. The Hall–Kier alpha value is -3.85. The fraction of sp³-hybridized carbons (Fsp3) is 0.400. The third kappa shape index (κ3) is 7.91. The summed E-state index contributed by atoms with van der Waals surface area (Å²) < 4.78 is 54.2. The molecule has 222 valence electrons. The number of halogens is 3. The minimum Gasteiger partial charge on any atom is -0.351 e. The zero-order valence-electron chi connectivity index (χ0n) is 23.3. The van der Waals surface area contributed by atoms with Gasteiger partial charge in [-0.05, 0) is 67.1 Å². The van der Waals surface area contributed by atoms with Crippen molar-refractivity contribution in [3.05, 3.63) is 83.8 Å². The van der Waals surface area contributed by atoms with Crippen molar-refractivity contribution in [3.8, 4) is 0 Å². The molecular formula is C30H33F3N5O3P. The Morgan fingerprint density at radius 1 is 1.14 bits per heavy atom. The second-order valence-electron chi connectivity index (χ2n) is 10.2. The van der Waals surface area contributed by atoms with E-state index in [0.29, 0.717) is 24.2 Å². The predicted octanol–water partition coefficient (Wildman–Crippen LogP) is 6.44. The van der Waals surface area contributed by atoms with Gasteiger partial charge in [0.15, 0.2) is 5.82 Å². The van der Waals surface area contributed by atoms with Crippen molar-refractivity contribution < 1.29 is 27.3 Å². The van der Waals surface area contributed by atoms with Gasteiger partial charge in [-0.3, -0.25) is 19.2 Å². The summed E-state index contributed by atoms with van der Waals surface area (Å²) in [5.41, 5.74) is 1.82. The molecule has 0 bridgehead atoms. The van der Waals surface area contributed by atoms with Crippen LogP contribution in [-0.4, -0.2) is 40.5 Å². The second kappa shape index (κ2) is 14.4. The molecule has 42 heavy (non-hydrogen) atoms. The largest absolute Gasteiger partial charge is 0.351 e. The maximum absolute atomic E-state index is 13.8. The lowest BCUT2D eigenvalue weighted by Crippen LogP contribution is -2.45. The number of benzene rings is 2. The molecule has 2 aliphatic rings. The molecule has 0 spiro atoms. The first-order valence-corrected chi connectivity index (χ1v) is 14.7. The van der Waals surface area contributed by atoms with Gasteiger partial charge in [-0.15, -0.1) is 5.10 Å². The first-order valence-electron chi connectivity index (χ1n) is 13.9. The fourth-order valence-corrected chi connectivity index (χ4v) is 5.70. The first-order chi connectivity index (χ1) is 20.2. The Balaban J connectivity index is 0.000000279. The van der Waals surface area contributed by atoms with Gasteiger partial charge in [0.2, 0.25) is 17.7 Å². The van der Waals surface area contributed by atoms with Gasteiger partial charge in [0.05, 0.1) is 5.69 Å². The lowest BCUT2D eigenvalue weighted by Gasteiger charge is -2.33. The Bertz CT molecular complexity index is 1370. The Kier molecular flexibility index (Phi) is 10.6. The molecule has 2 aromatic carbocycles. The number of aryl methyl sites for hydroxylation is 1. The molecule has 1 saturated carbocycles. The van der Waals surface area contributed by atoms with Gasteiger partial charge in [-0.25, -0.2) is 17.7 Å². The SMILES string of the molecule is CCc1ccccc1C(C(=O)NC1CCC(F)(F)CC1)N(P=O)c1cccc(F)c1.O=C1CCCN1c1cccnn1. The van der Waals surface area contributed by atoms with Crippen molar-refractivity contribution in [3.63, 3.8) is 0 Å². The van der Waals surface area contributed by atoms with Crippen LogP contribution in [0.1, 0.15) is 62.6 Å². The standard InChI is InChI=1S/C22H24F3N2O2P.C8H9N3O/c1-2-15-6-3-4-9-19(15)20(27(30-29)18-8-5-7-16(23)14-18)21(28)26-17-10-12-22(24,25)13-11-17;12-8-4-2-6-11(8)7-3-1-5-9-10-7/h3-9,14,17,20H,2,10-13H2,1H3,(H,26,28);1,3,5H,2,4,6H2. The van der Waals surface area contributed by atoms with Gasteiger partial charge in [0.25, 0.3) is 8.61 Å². The summed E-state index contributed by atoms with van der Waals surface area (Å²) in [5.74, 6) is -2.84. The van der Waals surface area contributed by atoms with E-state index in [0.717, 1.165) is 18.5 Å². The molecule has 2 heterocycles. The third-order valence-electron chi connectivity index (χ3n) is 7.36. The average molecular weight is 600 g/mol. The van der Waals surface area contributed by atoms with Crippen LogP contribution in [0, 0.1) is 5.82 Å². The molecule has 2 amide bonds. The predicted molar refractivity (Wildman–Crippen MR) is 154 cm³/mol. The number of hydrogen-bond donors (Lipinski definition) is 1. The molecule has 2 fully saturated rings. The number of carbonyl (C=O) groups excluding carboxylic acids is 2. The summed E-state index contributed by atoms with van der Waals surface area (Å²) in [6, 6.07) is 15.0. The first kappa shape index (κ1) is 31.1. The molecule has 1 N–H and O–H groups in total. The molecule has 1 unspecified atom stereocenters. The number of alkyl halides is 2. The van der Waals surface area contributed by atoms with Crippen LogP contribution in [0.2, 0.25) is 0 Å². The van der Waals surface area contributed by atoms with E-state index in [2.05, 4.69) is 15.5 Å². The number of rotatable bonds is 8. The molecule has 1 aromatic heterocycles. The Morgan fingerprint density at radius 2 is 1.90 bits per heavy atom. The van der Waals surface area contributed by atoms with Gasteiger partial charge in [0, 0.05) is 38.0 Å². The average Bonchev–Trinajstić information content (AvgIpc) is 3.43. The zero-order valence-corrected chi connectivity index (χ0v) is 24.2. The molecule has 1 saturated heterocycles. The van der Waals surface area contributed by atoms with E-state index in [9.17, 15) is 27.3 Å². The van der Waals surface area contributed by atoms with Gasteiger partial charge in [0.1, 0.15) is 11.9 Å². The van der Waals surface area contributed by atoms with E-state index in [4.69, 9.17) is 0 Å². The molecule has 0 radical (unpaired) electrons. The van der Waals surface area contributed by atoms with Crippen LogP contribution in [0.5, 0.6) is 0 Å². The smallest absolute Gasteiger partial charge is 0.283 e. The van der Waals surface area contributed by atoms with Crippen LogP contribution in [0.25, 0.3) is 0 Å². The number of nitrogens with zero attached hydrogens (tertiary/aromatic N) is 4. The minimum atomic E-state index is -2.70. The molecule has 1 aliphatic carbocycles. The number of hydrogen-bond acceptors (Lipinski definition) is 5. The van der Waals surface area contributed by atoms with Crippen LogP contribution < -0.4 is 14.9 Å². The second-order valence-corrected chi connectivity index (χ2v) is 10.8. The lowest BCUT2D eigenvalue weighted by atomic mass is 9.91. The van der Waals surface area contributed by atoms with Crippen molar-refractivity contribution in [2.45, 2.75) is 69.9 Å². The Labute approximate surface area is 244 Å². The molecular weight excluding hydrogens is 566 g/mol. The number of amides is 2. The number of nitrogens with one attached hydrogen (secondary N) is 1. The van der Waals surface area contributed by atoms with E-state index in [1.165, 1.54) is 22.9 Å². The summed E-state index contributed by atoms with van der Waals surface area (Å²) in [6.07, 6.45) is 3.60. The van der Waals surface area contributed by atoms with Crippen molar-refractivity contribution in [2.75, 3.05) is 16.1 Å². The van der Waals surface area contributed by atoms with Crippen molar-refractivity contribution in [2.24, 2.45) is 0 Å². The quantitative estimate of drug-likeness (QED) is 0.300. The minimum absolute atomic E-state index is 0.149. The molecule has 3 aromatic rings. The maximum atomic E-state index is 13.8. The normalized spacial score (nSPS) is 17.3. The van der Waals surface area contributed by atoms with Crippen molar-refractivity contribution in [1.82, 2.24) is 15.5 Å². The highest BCUT2D eigenvalue weighted by Crippen LogP contribution is 2.37. The van der Waals surface area contributed by atoms with E-state index in [-0.39, 0.29) is 43.3 Å². The highest BCUT2D eigenvalue weighted by Gasteiger charge is 2.37. The lowest BCUT2D eigenvalue weighted by molar-refractivity contribution is -0.124. The molecule has 1 atom stereocenters. The molecule has 8 nitrogen and oxygen atoms in total. The van der Waals surface area contributed by atoms with Crippen LogP contribution >= 0.6 is 8.61 Å². The van der Waals surface area contributed by atoms with E-state index in [1.807, 2.05) is 19.1 Å². The van der Waals surface area contributed by atoms with Crippen molar-refractivity contribution >= 4 is 31.9 Å². The summed E-state index contributed by atoms with van der Waals surface area (Å²) in [6.45, 7) is 2.72. The van der Waals surface area contributed by atoms with Crippen molar-refractivity contribution in [1.29, 1.82) is 0 Å². The molecule has 1 aliphatic heterocycles. The maximum Gasteiger partial charge on any atom is 0.283 e. The van der Waals surface area contributed by atoms with Crippen LogP contribution in [-0.2, 0) is 20.6 Å². The summed E-state index contributed by atoms with van der Waals surface area (Å²) in [7, 11) is -0.481. The van der Waals surface area contributed by atoms with Gasteiger partial charge < -0.3 is 5.32 Å². The van der Waals surface area contributed by atoms with E-state index >= 15 is 0 Å². The highest BCUT2D eigenvalue weighted by molar-refractivity contribution is 7.26. The van der Waals surface area contributed by atoms with E-state index in [1.54, 1.807) is 41.4 Å². The number of aromatic nitrogens is 2. The van der Waals surface area contributed by atoms with Gasteiger partial charge in [-0.1, -0.05) is 37.3 Å². The summed E-state index contributed by atoms with van der Waals surface area (Å²) >= 11 is 0. The monoisotopic (exact) mass is 599 g/mol. The topological polar surface area (TPSA) is 95.5 Å². The van der Waals surface area contributed by atoms with Crippen LogP contribution in [0.4, 0.5) is 24.7 Å². The summed E-state index contributed by atoms with van der Waals surface area (Å²) in [4.78, 5) is 26.2. The van der Waals surface area contributed by atoms with Crippen LogP contribution in [0.3, 0.4) is 0 Å². The van der Waals surface area contributed by atoms with E-state index < -0.39 is 32.3 Å². The molecule has 12 heteroatoms. The van der Waals surface area contributed by atoms with Gasteiger partial charge in [-0.2, -0.15) is 5.10 Å². The highest BCUT2D eigenvalue weighted by atomic mass is 31.1. The zero-order chi connectivity index (χ0) is 30.1. The van der Waals surface area contributed by atoms with Crippen LogP contribution in [0.15, 0.2) is 66.9 Å². The third-order valence-corrected chi connectivity index (χ3v) is 7.99. The Morgan fingerprint density at radius 3 is 2.52 bits per heavy atom. The summed E-state index contributed by atoms with van der Waals surface area (Å²) in [5, 5.41) is 10.4.